The Labute approximate surface area is 121 Å². The smallest absolute Gasteiger partial charge is 0.265 e. The second-order valence-electron chi connectivity index (χ2n) is 4.29. The first-order valence-electron chi connectivity index (χ1n) is 6.31. The Bertz CT molecular complexity index is 599. The number of halogens is 1. The molecule has 0 fully saturated rings. The van der Waals surface area contributed by atoms with E-state index < -0.39 is 6.10 Å². The number of carbonyl (C=O) groups excluding carboxylic acids is 1. The van der Waals surface area contributed by atoms with Crippen molar-refractivity contribution in [1.82, 2.24) is 4.98 Å². The summed E-state index contributed by atoms with van der Waals surface area (Å²) >= 11 is 0. The summed E-state index contributed by atoms with van der Waals surface area (Å²) in [5.41, 5.74) is 0.537. The lowest BCUT2D eigenvalue weighted by Crippen LogP contribution is -2.30. The van der Waals surface area contributed by atoms with Crippen molar-refractivity contribution in [1.29, 1.82) is 0 Å². The molecule has 2 aromatic rings. The van der Waals surface area contributed by atoms with Gasteiger partial charge in [-0.25, -0.2) is 9.37 Å². The summed E-state index contributed by atoms with van der Waals surface area (Å²) in [5.74, 6) is 0.200. The van der Waals surface area contributed by atoms with Crippen LogP contribution < -0.4 is 14.8 Å². The third kappa shape index (κ3) is 4.17. The van der Waals surface area contributed by atoms with E-state index in [1.54, 1.807) is 19.1 Å². The van der Waals surface area contributed by atoms with Crippen LogP contribution >= 0.6 is 0 Å². The Kier molecular flexibility index (Phi) is 4.71. The molecule has 110 valence electrons. The Hall–Kier alpha value is -2.63. The largest absolute Gasteiger partial charge is 0.481 e. The maximum atomic E-state index is 12.8. The minimum absolute atomic E-state index is 0.328. The SMILES string of the molecule is COc1ccc(NC(=O)[C@@H](C)Oc2ccc(F)cc2)cn1. The summed E-state index contributed by atoms with van der Waals surface area (Å²) < 4.78 is 23.1. The quantitative estimate of drug-likeness (QED) is 0.919. The lowest BCUT2D eigenvalue weighted by atomic mass is 10.3. The molecule has 1 atom stereocenters. The van der Waals surface area contributed by atoms with E-state index in [1.165, 1.54) is 37.6 Å². The number of methoxy groups -OCH3 is 1. The van der Waals surface area contributed by atoms with E-state index in [9.17, 15) is 9.18 Å². The Morgan fingerprint density at radius 1 is 1.24 bits per heavy atom. The molecule has 6 heteroatoms. The van der Waals surface area contributed by atoms with Crippen molar-refractivity contribution in [3.8, 4) is 11.6 Å². The highest BCUT2D eigenvalue weighted by Gasteiger charge is 2.15. The summed E-state index contributed by atoms with van der Waals surface area (Å²) in [6.45, 7) is 1.61. The molecule has 0 aliphatic rings. The molecule has 5 nitrogen and oxygen atoms in total. The predicted octanol–water partition coefficient (Wildman–Crippen LogP) is 2.64. The average molecular weight is 290 g/mol. The molecule has 0 saturated heterocycles. The van der Waals surface area contributed by atoms with Gasteiger partial charge in [-0.1, -0.05) is 0 Å². The molecule has 0 bridgehead atoms. The van der Waals surface area contributed by atoms with Crippen LogP contribution in [0.1, 0.15) is 6.92 Å². The van der Waals surface area contributed by atoms with Crippen LogP contribution in [-0.2, 0) is 4.79 Å². The Balaban J connectivity index is 1.93. The summed E-state index contributed by atoms with van der Waals surface area (Å²) in [6.07, 6.45) is 0.763. The fourth-order valence-corrected chi connectivity index (χ4v) is 1.59. The number of hydrogen-bond acceptors (Lipinski definition) is 4. The van der Waals surface area contributed by atoms with E-state index in [1.807, 2.05) is 0 Å². The van der Waals surface area contributed by atoms with Crippen LogP contribution in [-0.4, -0.2) is 24.1 Å². The number of rotatable bonds is 5. The summed E-state index contributed by atoms with van der Waals surface area (Å²) in [6, 6.07) is 8.79. The highest BCUT2D eigenvalue weighted by atomic mass is 19.1. The molecule has 0 radical (unpaired) electrons. The highest BCUT2D eigenvalue weighted by molar-refractivity contribution is 5.93. The van der Waals surface area contributed by atoms with Gasteiger partial charge in [0.25, 0.3) is 5.91 Å². The second-order valence-corrected chi connectivity index (χ2v) is 4.29. The van der Waals surface area contributed by atoms with Gasteiger partial charge in [0.2, 0.25) is 5.88 Å². The van der Waals surface area contributed by atoms with Crippen LogP contribution in [0, 0.1) is 5.82 Å². The number of nitrogens with zero attached hydrogens (tertiary/aromatic N) is 1. The van der Waals surface area contributed by atoms with Crippen molar-refractivity contribution < 1.29 is 18.7 Å². The third-order valence-electron chi connectivity index (χ3n) is 2.71. The first kappa shape index (κ1) is 14.8. The molecule has 0 aliphatic carbocycles. The van der Waals surface area contributed by atoms with E-state index in [4.69, 9.17) is 9.47 Å². The van der Waals surface area contributed by atoms with Crippen molar-refractivity contribution in [2.24, 2.45) is 0 Å². The highest BCUT2D eigenvalue weighted by Crippen LogP contribution is 2.15. The number of aromatic nitrogens is 1. The molecule has 21 heavy (non-hydrogen) atoms. The van der Waals surface area contributed by atoms with Gasteiger partial charge in [-0.3, -0.25) is 4.79 Å². The van der Waals surface area contributed by atoms with E-state index in [-0.39, 0.29) is 11.7 Å². The molecule has 0 unspecified atom stereocenters. The molecule has 1 amide bonds. The molecule has 1 aromatic carbocycles. The van der Waals surface area contributed by atoms with Gasteiger partial charge in [0.1, 0.15) is 11.6 Å². The van der Waals surface area contributed by atoms with Gasteiger partial charge in [-0.15, -0.1) is 0 Å². The third-order valence-corrected chi connectivity index (χ3v) is 2.71. The van der Waals surface area contributed by atoms with Crippen LogP contribution in [0.3, 0.4) is 0 Å². The summed E-state index contributed by atoms with van der Waals surface area (Å²) in [5, 5.41) is 2.67. The zero-order valence-electron chi connectivity index (χ0n) is 11.7. The first-order valence-corrected chi connectivity index (χ1v) is 6.31. The van der Waals surface area contributed by atoms with Crippen LogP contribution in [0.5, 0.6) is 11.6 Å². The van der Waals surface area contributed by atoms with Crippen molar-refractivity contribution in [3.63, 3.8) is 0 Å². The van der Waals surface area contributed by atoms with Crippen LogP contribution in [0.4, 0.5) is 10.1 Å². The lowest BCUT2D eigenvalue weighted by molar-refractivity contribution is -0.122. The van der Waals surface area contributed by atoms with Gasteiger partial charge >= 0.3 is 0 Å². The normalized spacial score (nSPS) is 11.6. The molecular formula is C15H15FN2O3. The van der Waals surface area contributed by atoms with Crippen molar-refractivity contribution >= 4 is 11.6 Å². The van der Waals surface area contributed by atoms with Crippen molar-refractivity contribution in [2.45, 2.75) is 13.0 Å². The van der Waals surface area contributed by atoms with E-state index in [0.29, 0.717) is 17.3 Å². The minimum atomic E-state index is -0.724. The molecule has 1 aromatic heterocycles. The fraction of sp³-hybridized carbons (Fsp3) is 0.200. The zero-order valence-corrected chi connectivity index (χ0v) is 11.7. The summed E-state index contributed by atoms with van der Waals surface area (Å²) in [7, 11) is 1.51. The molecule has 0 saturated carbocycles. The molecule has 2 rings (SSSR count). The van der Waals surface area contributed by atoms with Crippen LogP contribution in [0.15, 0.2) is 42.6 Å². The van der Waals surface area contributed by atoms with E-state index in [0.717, 1.165) is 0 Å². The van der Waals surface area contributed by atoms with Crippen molar-refractivity contribution in [2.75, 3.05) is 12.4 Å². The molecule has 0 spiro atoms. The van der Waals surface area contributed by atoms with Gasteiger partial charge in [0.15, 0.2) is 6.10 Å². The van der Waals surface area contributed by atoms with E-state index >= 15 is 0 Å². The van der Waals surface area contributed by atoms with Gasteiger partial charge < -0.3 is 14.8 Å². The topological polar surface area (TPSA) is 60.5 Å². The molecule has 1 N–H and O–H groups in total. The molecular weight excluding hydrogens is 275 g/mol. The number of carbonyl (C=O) groups is 1. The van der Waals surface area contributed by atoms with Gasteiger partial charge in [-0.2, -0.15) is 0 Å². The fourth-order valence-electron chi connectivity index (χ4n) is 1.59. The number of benzene rings is 1. The number of ether oxygens (including phenoxy) is 2. The predicted molar refractivity (Wildman–Crippen MR) is 75.9 cm³/mol. The number of anilines is 1. The number of nitrogens with one attached hydrogen (secondary N) is 1. The van der Waals surface area contributed by atoms with Crippen molar-refractivity contribution in [3.05, 3.63) is 48.4 Å². The van der Waals surface area contributed by atoms with Gasteiger partial charge in [0.05, 0.1) is 19.0 Å². The second kappa shape index (κ2) is 6.69. The van der Waals surface area contributed by atoms with Gasteiger partial charge in [0, 0.05) is 6.07 Å². The maximum Gasteiger partial charge on any atom is 0.265 e. The zero-order chi connectivity index (χ0) is 15.2. The summed E-state index contributed by atoms with van der Waals surface area (Å²) in [4.78, 5) is 16.0. The molecule has 0 aliphatic heterocycles. The number of hydrogen-bond donors (Lipinski definition) is 1. The number of pyridine rings is 1. The van der Waals surface area contributed by atoms with Crippen LogP contribution in [0.2, 0.25) is 0 Å². The average Bonchev–Trinajstić information content (AvgIpc) is 2.50. The van der Waals surface area contributed by atoms with Crippen LogP contribution in [0.25, 0.3) is 0 Å². The van der Waals surface area contributed by atoms with Gasteiger partial charge in [-0.05, 0) is 37.3 Å². The lowest BCUT2D eigenvalue weighted by Gasteiger charge is -2.14. The standard InChI is InChI=1S/C15H15FN2O3/c1-10(21-13-6-3-11(16)4-7-13)15(19)18-12-5-8-14(20-2)17-9-12/h3-10H,1-2H3,(H,18,19)/t10-/m1/s1. The number of amides is 1. The minimum Gasteiger partial charge on any atom is -0.481 e. The Morgan fingerprint density at radius 3 is 2.52 bits per heavy atom. The Morgan fingerprint density at radius 2 is 1.95 bits per heavy atom. The van der Waals surface area contributed by atoms with E-state index in [2.05, 4.69) is 10.3 Å². The maximum absolute atomic E-state index is 12.8. The monoisotopic (exact) mass is 290 g/mol. The molecule has 1 heterocycles. The first-order chi connectivity index (χ1) is 10.1.